The maximum Gasteiger partial charge on any atom is 0.112 e. The quantitative estimate of drug-likeness (QED) is 0.638. The highest BCUT2D eigenvalue weighted by Gasteiger charge is 2.27. The Morgan fingerprint density at radius 3 is 2.61 bits per heavy atom. The van der Waals surface area contributed by atoms with E-state index in [1.54, 1.807) is 6.92 Å². The van der Waals surface area contributed by atoms with Crippen LogP contribution in [0.15, 0.2) is 24.3 Å². The van der Waals surface area contributed by atoms with Crippen molar-refractivity contribution in [1.29, 1.82) is 0 Å². The number of halogens is 2. The van der Waals surface area contributed by atoms with E-state index in [0.717, 1.165) is 11.4 Å². The zero-order valence-electron chi connectivity index (χ0n) is 11.3. The van der Waals surface area contributed by atoms with Crippen LogP contribution in [-0.4, -0.2) is 5.67 Å². The van der Waals surface area contributed by atoms with Gasteiger partial charge in [-0.15, -0.1) is 0 Å². The van der Waals surface area contributed by atoms with Gasteiger partial charge < -0.3 is 0 Å². The summed E-state index contributed by atoms with van der Waals surface area (Å²) in [4.78, 5) is 0. The molecule has 0 heterocycles. The summed E-state index contributed by atoms with van der Waals surface area (Å²) in [6.07, 6.45) is 3.95. The van der Waals surface area contributed by atoms with E-state index in [1.165, 1.54) is 16.7 Å². The number of benzene rings is 1. The minimum absolute atomic E-state index is 0.455. The van der Waals surface area contributed by atoms with E-state index in [1.807, 2.05) is 18.2 Å². The predicted octanol–water partition coefficient (Wildman–Crippen LogP) is 5.76. The van der Waals surface area contributed by atoms with Gasteiger partial charge in [0.25, 0.3) is 0 Å². The molecule has 1 aromatic rings. The zero-order chi connectivity index (χ0) is 13.3. The van der Waals surface area contributed by atoms with Crippen LogP contribution in [0.25, 0.3) is 5.57 Å². The van der Waals surface area contributed by atoms with E-state index in [-0.39, 0.29) is 0 Å². The van der Waals surface area contributed by atoms with E-state index in [2.05, 4.69) is 19.9 Å². The molecule has 0 nitrogen and oxygen atoms in total. The first-order valence-electron chi connectivity index (χ1n) is 6.57. The Bertz CT molecular complexity index is 472. The smallest absolute Gasteiger partial charge is 0.112 e. The molecule has 0 spiro atoms. The summed E-state index contributed by atoms with van der Waals surface area (Å²) in [6, 6.07) is 6.04. The lowest BCUT2D eigenvalue weighted by atomic mass is 9.83. The first kappa shape index (κ1) is 13.6. The molecule has 0 bridgehead atoms. The Balaban J connectivity index is 2.39. The van der Waals surface area contributed by atoms with Crippen molar-refractivity contribution in [2.45, 2.75) is 51.6 Å². The average molecular weight is 267 g/mol. The van der Waals surface area contributed by atoms with Crippen molar-refractivity contribution in [1.82, 2.24) is 0 Å². The van der Waals surface area contributed by atoms with Crippen LogP contribution in [0.1, 0.15) is 57.1 Å². The fourth-order valence-electron chi connectivity index (χ4n) is 2.49. The number of allylic oxidation sites excluding steroid dienone is 2. The number of hydrogen-bond donors (Lipinski definition) is 0. The van der Waals surface area contributed by atoms with Crippen LogP contribution in [-0.2, 0) is 0 Å². The summed E-state index contributed by atoms with van der Waals surface area (Å²) in [5.41, 5.74) is 2.71. The molecule has 2 heteroatoms. The molecule has 0 amide bonds. The summed E-state index contributed by atoms with van der Waals surface area (Å²) >= 11 is 6.10. The van der Waals surface area contributed by atoms with E-state index in [0.29, 0.717) is 18.8 Å². The number of alkyl halides is 1. The fraction of sp³-hybridized carbons (Fsp3) is 0.500. The highest BCUT2D eigenvalue weighted by atomic mass is 35.5. The van der Waals surface area contributed by atoms with Crippen LogP contribution in [0.3, 0.4) is 0 Å². The van der Waals surface area contributed by atoms with Gasteiger partial charge in [-0.1, -0.05) is 37.6 Å². The maximum absolute atomic E-state index is 13.8. The van der Waals surface area contributed by atoms with Crippen molar-refractivity contribution >= 4 is 17.2 Å². The molecule has 98 valence electrons. The van der Waals surface area contributed by atoms with Gasteiger partial charge in [-0.05, 0) is 60.9 Å². The predicted molar refractivity (Wildman–Crippen MR) is 76.9 cm³/mol. The Labute approximate surface area is 114 Å². The summed E-state index contributed by atoms with van der Waals surface area (Å²) in [5.74, 6) is 0.455. The maximum atomic E-state index is 13.8. The lowest BCUT2D eigenvalue weighted by molar-refractivity contribution is 0.176. The lowest BCUT2D eigenvalue weighted by Gasteiger charge is -2.26. The molecule has 0 saturated heterocycles. The van der Waals surface area contributed by atoms with Crippen LogP contribution in [0.5, 0.6) is 0 Å². The Kier molecular flexibility index (Phi) is 3.82. The van der Waals surface area contributed by atoms with Gasteiger partial charge in [-0.25, -0.2) is 4.39 Å². The first-order valence-corrected chi connectivity index (χ1v) is 6.94. The SMILES string of the molecule is CC(C)c1ccc(Cl)cc1C1=CCC(C)(F)CC1. The molecule has 1 atom stereocenters. The third-order valence-electron chi connectivity index (χ3n) is 3.67. The average Bonchev–Trinajstić information content (AvgIpc) is 2.28. The van der Waals surface area contributed by atoms with Gasteiger partial charge in [0.2, 0.25) is 0 Å². The van der Waals surface area contributed by atoms with Gasteiger partial charge in [0.15, 0.2) is 0 Å². The van der Waals surface area contributed by atoms with E-state index < -0.39 is 5.67 Å². The van der Waals surface area contributed by atoms with Crippen LogP contribution in [0.4, 0.5) is 4.39 Å². The van der Waals surface area contributed by atoms with E-state index in [9.17, 15) is 4.39 Å². The molecule has 0 fully saturated rings. The van der Waals surface area contributed by atoms with Gasteiger partial charge >= 0.3 is 0 Å². The van der Waals surface area contributed by atoms with Crippen molar-refractivity contribution in [2.75, 3.05) is 0 Å². The lowest BCUT2D eigenvalue weighted by Crippen LogP contribution is -2.20. The summed E-state index contributed by atoms with van der Waals surface area (Å²) in [5, 5.41) is 0.754. The monoisotopic (exact) mass is 266 g/mol. The van der Waals surface area contributed by atoms with Crippen molar-refractivity contribution in [3.8, 4) is 0 Å². The second-order valence-electron chi connectivity index (χ2n) is 5.73. The molecule has 0 saturated carbocycles. The van der Waals surface area contributed by atoms with Crippen molar-refractivity contribution < 1.29 is 4.39 Å². The van der Waals surface area contributed by atoms with Gasteiger partial charge in [-0.3, -0.25) is 0 Å². The third-order valence-corrected chi connectivity index (χ3v) is 3.91. The third kappa shape index (κ3) is 2.95. The summed E-state index contributed by atoms with van der Waals surface area (Å²) in [6.45, 7) is 6.03. The molecular weight excluding hydrogens is 247 g/mol. The topological polar surface area (TPSA) is 0 Å². The molecule has 18 heavy (non-hydrogen) atoms. The molecule has 2 rings (SSSR count). The van der Waals surface area contributed by atoms with Gasteiger partial charge in [-0.2, -0.15) is 0 Å². The standard InChI is InChI=1S/C16H20ClF/c1-11(2)14-5-4-13(17)10-15(14)12-6-8-16(3,18)9-7-12/h4-6,10-11H,7-9H2,1-3H3. The highest BCUT2D eigenvalue weighted by Crippen LogP contribution is 2.38. The van der Waals surface area contributed by atoms with E-state index >= 15 is 0 Å². The van der Waals surface area contributed by atoms with Crippen molar-refractivity contribution in [3.05, 3.63) is 40.4 Å². The summed E-state index contributed by atoms with van der Waals surface area (Å²) in [7, 11) is 0. The Hall–Kier alpha value is -0.820. The molecule has 1 aliphatic carbocycles. The highest BCUT2D eigenvalue weighted by molar-refractivity contribution is 6.30. The van der Waals surface area contributed by atoms with Crippen LogP contribution in [0.2, 0.25) is 5.02 Å². The minimum Gasteiger partial charge on any atom is -0.244 e. The first-order chi connectivity index (χ1) is 8.39. The molecule has 1 aliphatic rings. The van der Waals surface area contributed by atoms with Crippen LogP contribution < -0.4 is 0 Å². The zero-order valence-corrected chi connectivity index (χ0v) is 12.0. The van der Waals surface area contributed by atoms with Crippen LogP contribution in [0, 0.1) is 0 Å². The largest absolute Gasteiger partial charge is 0.244 e. The van der Waals surface area contributed by atoms with Crippen LogP contribution >= 0.6 is 11.6 Å². The van der Waals surface area contributed by atoms with Gasteiger partial charge in [0, 0.05) is 5.02 Å². The molecule has 0 aromatic heterocycles. The number of hydrogen-bond acceptors (Lipinski definition) is 0. The fourth-order valence-corrected chi connectivity index (χ4v) is 2.66. The van der Waals surface area contributed by atoms with Gasteiger partial charge in [0.05, 0.1) is 0 Å². The van der Waals surface area contributed by atoms with Gasteiger partial charge in [0.1, 0.15) is 5.67 Å². The Morgan fingerprint density at radius 1 is 1.33 bits per heavy atom. The molecule has 1 unspecified atom stereocenters. The second kappa shape index (κ2) is 5.05. The molecule has 0 radical (unpaired) electrons. The second-order valence-corrected chi connectivity index (χ2v) is 6.17. The molecule has 0 aliphatic heterocycles. The van der Waals surface area contributed by atoms with E-state index in [4.69, 9.17) is 11.6 Å². The molecule has 0 N–H and O–H groups in total. The normalized spacial score (nSPS) is 24.2. The van der Waals surface area contributed by atoms with Crippen molar-refractivity contribution in [3.63, 3.8) is 0 Å². The van der Waals surface area contributed by atoms with Crippen molar-refractivity contribution in [2.24, 2.45) is 0 Å². The number of rotatable bonds is 2. The molecular formula is C16H20ClF. The molecule has 1 aromatic carbocycles. The minimum atomic E-state index is -1.04. The summed E-state index contributed by atoms with van der Waals surface area (Å²) < 4.78 is 13.8. The Morgan fingerprint density at radius 2 is 2.06 bits per heavy atom.